The van der Waals surface area contributed by atoms with Crippen molar-refractivity contribution in [3.8, 4) is 0 Å². The van der Waals surface area contributed by atoms with Crippen LogP contribution >= 0.6 is 0 Å². The number of hydrogen-bond acceptors (Lipinski definition) is 3. The number of rotatable bonds is 5. The van der Waals surface area contributed by atoms with E-state index in [0.717, 1.165) is 16.8 Å². The maximum atomic E-state index is 10.2. The highest BCUT2D eigenvalue weighted by molar-refractivity contribution is 5.72. The molecule has 4 nitrogen and oxygen atoms in total. The minimum atomic E-state index is -0.851. The first-order valence-electron chi connectivity index (χ1n) is 6.96. The molecule has 0 aliphatic heterocycles. The SMILES string of the molecule is Cc1ccc(NCC(=O)O)cc1.OCC=Cc1ccccc1. The van der Waals surface area contributed by atoms with E-state index in [-0.39, 0.29) is 13.2 Å². The molecule has 0 fully saturated rings. The molecule has 0 bridgehead atoms. The van der Waals surface area contributed by atoms with Crippen molar-refractivity contribution in [2.24, 2.45) is 0 Å². The molecule has 0 atom stereocenters. The number of hydrogen-bond donors (Lipinski definition) is 3. The second kappa shape index (κ2) is 10.2. The van der Waals surface area contributed by atoms with Crippen LogP contribution in [0.5, 0.6) is 0 Å². The lowest BCUT2D eigenvalue weighted by atomic mass is 10.2. The summed E-state index contributed by atoms with van der Waals surface area (Å²) in [5.74, 6) is -0.851. The summed E-state index contributed by atoms with van der Waals surface area (Å²) in [7, 11) is 0. The van der Waals surface area contributed by atoms with Crippen LogP contribution in [-0.2, 0) is 4.79 Å². The third kappa shape index (κ3) is 7.87. The molecule has 0 aliphatic rings. The number of aliphatic carboxylic acids is 1. The Kier molecular flexibility index (Phi) is 8.08. The number of aliphatic hydroxyl groups is 1. The van der Waals surface area contributed by atoms with Crippen molar-refractivity contribution < 1.29 is 15.0 Å². The zero-order valence-electron chi connectivity index (χ0n) is 12.6. The van der Waals surface area contributed by atoms with Crippen LogP contribution in [0.2, 0.25) is 0 Å². The van der Waals surface area contributed by atoms with E-state index in [1.165, 1.54) is 0 Å². The predicted octanol–water partition coefficient (Wildman–Crippen LogP) is 3.18. The normalized spacial score (nSPS) is 9.91. The molecule has 22 heavy (non-hydrogen) atoms. The molecule has 0 radical (unpaired) electrons. The standard InChI is InChI=1S/C9H11NO2.C9H10O/c1-7-2-4-8(5-3-7)10-6-9(11)12;10-8-4-7-9-5-2-1-3-6-9/h2-5,10H,6H2,1H3,(H,11,12);1-7,10H,8H2. The monoisotopic (exact) mass is 299 g/mol. The van der Waals surface area contributed by atoms with Crippen molar-refractivity contribution in [3.05, 3.63) is 71.8 Å². The van der Waals surface area contributed by atoms with E-state index >= 15 is 0 Å². The predicted molar refractivity (Wildman–Crippen MR) is 89.9 cm³/mol. The molecule has 0 saturated carbocycles. The molecule has 0 heterocycles. The van der Waals surface area contributed by atoms with Gasteiger partial charge in [-0.15, -0.1) is 0 Å². The Bertz CT molecular complexity index is 577. The Labute approximate surface area is 130 Å². The van der Waals surface area contributed by atoms with Crippen LogP contribution in [0.4, 0.5) is 5.69 Å². The van der Waals surface area contributed by atoms with Gasteiger partial charge in [0.15, 0.2) is 0 Å². The smallest absolute Gasteiger partial charge is 0.322 e. The Morgan fingerprint density at radius 2 is 1.73 bits per heavy atom. The van der Waals surface area contributed by atoms with Crippen LogP contribution in [0.15, 0.2) is 60.7 Å². The fourth-order valence-corrected chi connectivity index (χ4v) is 1.60. The number of aliphatic hydroxyl groups excluding tert-OH is 1. The van der Waals surface area contributed by atoms with Gasteiger partial charge in [-0.2, -0.15) is 0 Å². The molecule has 4 heteroatoms. The first-order chi connectivity index (χ1) is 10.6. The van der Waals surface area contributed by atoms with Gasteiger partial charge in [-0.1, -0.05) is 60.2 Å². The summed E-state index contributed by atoms with van der Waals surface area (Å²) in [6.07, 6.45) is 3.61. The summed E-state index contributed by atoms with van der Waals surface area (Å²) < 4.78 is 0. The van der Waals surface area contributed by atoms with Gasteiger partial charge in [0.2, 0.25) is 0 Å². The number of carboxylic acids is 1. The number of carboxylic acid groups (broad SMARTS) is 1. The highest BCUT2D eigenvalue weighted by atomic mass is 16.4. The summed E-state index contributed by atoms with van der Waals surface area (Å²) >= 11 is 0. The topological polar surface area (TPSA) is 69.6 Å². The molecule has 0 spiro atoms. The molecule has 2 rings (SSSR count). The minimum absolute atomic E-state index is 0.0386. The van der Waals surface area contributed by atoms with Crippen molar-refractivity contribution in [1.82, 2.24) is 0 Å². The zero-order valence-corrected chi connectivity index (χ0v) is 12.6. The number of nitrogens with one attached hydrogen (secondary N) is 1. The Hall–Kier alpha value is -2.59. The molecule has 3 N–H and O–H groups in total. The van der Waals surface area contributed by atoms with Crippen LogP contribution in [0, 0.1) is 6.92 Å². The number of benzene rings is 2. The summed E-state index contributed by atoms with van der Waals surface area (Å²) in [5, 5.41) is 19.6. The van der Waals surface area contributed by atoms with E-state index in [2.05, 4.69) is 5.32 Å². The first kappa shape index (κ1) is 17.5. The van der Waals surface area contributed by atoms with Crippen molar-refractivity contribution in [2.75, 3.05) is 18.5 Å². The summed E-state index contributed by atoms with van der Waals surface area (Å²) in [6.45, 7) is 2.05. The maximum absolute atomic E-state index is 10.2. The van der Waals surface area contributed by atoms with Crippen LogP contribution in [0.3, 0.4) is 0 Å². The highest BCUT2D eigenvalue weighted by Crippen LogP contribution is 2.07. The van der Waals surface area contributed by atoms with Gasteiger partial charge in [0, 0.05) is 5.69 Å². The van der Waals surface area contributed by atoms with Crippen molar-refractivity contribution in [1.29, 1.82) is 0 Å². The van der Waals surface area contributed by atoms with E-state index in [1.54, 1.807) is 6.08 Å². The van der Waals surface area contributed by atoms with Crippen LogP contribution in [0.25, 0.3) is 6.08 Å². The average molecular weight is 299 g/mol. The Morgan fingerprint density at radius 3 is 2.27 bits per heavy atom. The van der Waals surface area contributed by atoms with Crippen LogP contribution in [-0.4, -0.2) is 29.3 Å². The van der Waals surface area contributed by atoms with Gasteiger partial charge in [-0.3, -0.25) is 4.79 Å². The van der Waals surface area contributed by atoms with Gasteiger partial charge in [-0.25, -0.2) is 0 Å². The van der Waals surface area contributed by atoms with Crippen molar-refractivity contribution in [2.45, 2.75) is 6.92 Å². The molecule has 0 amide bonds. The van der Waals surface area contributed by atoms with Gasteiger partial charge in [-0.05, 0) is 24.6 Å². The molecule has 116 valence electrons. The lowest BCUT2D eigenvalue weighted by Gasteiger charge is -2.02. The van der Waals surface area contributed by atoms with Crippen LogP contribution in [0.1, 0.15) is 11.1 Å². The highest BCUT2D eigenvalue weighted by Gasteiger charge is 1.95. The third-order valence-electron chi connectivity index (χ3n) is 2.71. The summed E-state index contributed by atoms with van der Waals surface area (Å²) in [4.78, 5) is 10.2. The van der Waals surface area contributed by atoms with Crippen molar-refractivity contribution in [3.63, 3.8) is 0 Å². The molecule has 0 saturated heterocycles. The molecule has 2 aromatic rings. The Morgan fingerprint density at radius 1 is 1.09 bits per heavy atom. The molecule has 0 aliphatic carbocycles. The van der Waals surface area contributed by atoms with Crippen molar-refractivity contribution >= 4 is 17.7 Å². The summed E-state index contributed by atoms with van der Waals surface area (Å²) in [5.41, 5.74) is 3.12. The van der Waals surface area contributed by atoms with Gasteiger partial charge in [0.25, 0.3) is 0 Å². The van der Waals surface area contributed by atoms with Gasteiger partial charge < -0.3 is 15.5 Å². The molecule has 2 aromatic carbocycles. The van der Waals surface area contributed by atoms with E-state index in [4.69, 9.17) is 10.2 Å². The van der Waals surface area contributed by atoms with Gasteiger partial charge in [0.05, 0.1) is 6.61 Å². The number of aryl methyl sites for hydroxylation is 1. The van der Waals surface area contributed by atoms with E-state index in [0.29, 0.717) is 0 Å². The largest absolute Gasteiger partial charge is 0.480 e. The lowest BCUT2D eigenvalue weighted by Crippen LogP contribution is -2.11. The zero-order chi connectivity index (χ0) is 16.2. The fraction of sp³-hybridized carbons (Fsp3) is 0.167. The number of carbonyl (C=O) groups is 1. The average Bonchev–Trinajstić information content (AvgIpc) is 2.54. The quantitative estimate of drug-likeness (QED) is 0.793. The summed E-state index contributed by atoms with van der Waals surface area (Å²) in [6, 6.07) is 17.5. The van der Waals surface area contributed by atoms with E-state index < -0.39 is 5.97 Å². The molecular formula is C18H21NO3. The Balaban J connectivity index is 0.000000224. The lowest BCUT2D eigenvalue weighted by molar-refractivity contribution is -0.134. The van der Waals surface area contributed by atoms with Gasteiger partial charge in [0.1, 0.15) is 6.54 Å². The van der Waals surface area contributed by atoms with Gasteiger partial charge >= 0.3 is 5.97 Å². The second-order valence-corrected chi connectivity index (χ2v) is 4.61. The number of anilines is 1. The van der Waals surface area contributed by atoms with E-state index in [1.807, 2.05) is 67.6 Å². The van der Waals surface area contributed by atoms with Crippen LogP contribution < -0.4 is 5.32 Å². The molecule has 0 unspecified atom stereocenters. The molecular weight excluding hydrogens is 278 g/mol. The second-order valence-electron chi connectivity index (χ2n) is 4.61. The van der Waals surface area contributed by atoms with E-state index in [9.17, 15) is 4.79 Å². The fourth-order valence-electron chi connectivity index (χ4n) is 1.60. The molecule has 0 aromatic heterocycles. The minimum Gasteiger partial charge on any atom is -0.480 e. The maximum Gasteiger partial charge on any atom is 0.322 e. The third-order valence-corrected chi connectivity index (χ3v) is 2.71. The first-order valence-corrected chi connectivity index (χ1v) is 6.96.